The summed E-state index contributed by atoms with van der Waals surface area (Å²) in [5.74, 6) is -0.602. The number of piperidine rings is 1. The van der Waals surface area contributed by atoms with Crippen molar-refractivity contribution in [1.29, 1.82) is 5.26 Å². The van der Waals surface area contributed by atoms with Gasteiger partial charge in [-0.05, 0) is 24.3 Å². The van der Waals surface area contributed by atoms with Crippen LogP contribution in [-0.2, 0) is 0 Å². The lowest BCUT2D eigenvalue weighted by molar-refractivity contribution is 0.170. The van der Waals surface area contributed by atoms with Gasteiger partial charge in [-0.3, -0.25) is 0 Å². The molecule has 23 heavy (non-hydrogen) atoms. The van der Waals surface area contributed by atoms with Gasteiger partial charge in [0.1, 0.15) is 23.7 Å². The van der Waals surface area contributed by atoms with Crippen molar-refractivity contribution in [1.82, 2.24) is 4.98 Å². The van der Waals surface area contributed by atoms with Gasteiger partial charge in [0.25, 0.3) is 0 Å². The molecule has 2 aromatic rings. The molecular weight excluding hydrogens is 300 g/mol. The Kier molecular flexibility index (Phi) is 4.38. The Balaban J connectivity index is 1.57. The average molecular weight is 315 g/mol. The number of aromatic nitrogens is 1. The number of ether oxygens (including phenoxy) is 1. The molecule has 0 radical (unpaired) electrons. The maximum Gasteiger partial charge on any atom is 0.162 e. The van der Waals surface area contributed by atoms with E-state index in [9.17, 15) is 8.78 Å². The highest BCUT2D eigenvalue weighted by Gasteiger charge is 2.21. The lowest BCUT2D eigenvalue weighted by Crippen LogP contribution is -2.38. The molecule has 3 rings (SSSR count). The van der Waals surface area contributed by atoms with Crippen LogP contribution in [0.4, 0.5) is 14.6 Å². The van der Waals surface area contributed by atoms with Crippen LogP contribution in [0.1, 0.15) is 18.4 Å². The SMILES string of the molecule is N#Cc1ccc(N2CCC(Oc3ccc(F)c(F)c3)CC2)nc1. The third kappa shape index (κ3) is 3.57. The fourth-order valence-corrected chi connectivity index (χ4v) is 2.58. The largest absolute Gasteiger partial charge is 0.490 e. The second-order valence-corrected chi connectivity index (χ2v) is 5.40. The van der Waals surface area contributed by atoms with Crippen LogP contribution in [0.15, 0.2) is 36.5 Å². The monoisotopic (exact) mass is 315 g/mol. The highest BCUT2D eigenvalue weighted by atomic mass is 19.2. The highest BCUT2D eigenvalue weighted by Crippen LogP contribution is 2.23. The number of hydrogen-bond donors (Lipinski definition) is 0. The summed E-state index contributed by atoms with van der Waals surface area (Å²) in [6.07, 6.45) is 3.05. The van der Waals surface area contributed by atoms with E-state index in [0.717, 1.165) is 43.9 Å². The lowest BCUT2D eigenvalue weighted by atomic mass is 10.1. The molecule has 1 aromatic heterocycles. The Morgan fingerprint density at radius 2 is 1.91 bits per heavy atom. The van der Waals surface area contributed by atoms with E-state index in [1.165, 1.54) is 6.07 Å². The molecular formula is C17H15F2N3O. The zero-order valence-electron chi connectivity index (χ0n) is 12.4. The van der Waals surface area contributed by atoms with E-state index in [0.29, 0.717) is 11.3 Å². The summed E-state index contributed by atoms with van der Waals surface area (Å²) in [5.41, 5.74) is 0.533. The van der Waals surface area contributed by atoms with Crippen LogP contribution in [0.2, 0.25) is 0 Å². The number of nitrogens with zero attached hydrogens (tertiary/aromatic N) is 3. The second-order valence-electron chi connectivity index (χ2n) is 5.40. The summed E-state index contributed by atoms with van der Waals surface area (Å²) in [5, 5.41) is 8.78. The fraction of sp³-hybridized carbons (Fsp3) is 0.294. The minimum absolute atomic E-state index is 0.0329. The third-order valence-electron chi connectivity index (χ3n) is 3.84. The number of pyridine rings is 1. The summed E-state index contributed by atoms with van der Waals surface area (Å²) >= 11 is 0. The maximum absolute atomic E-state index is 13.2. The molecule has 6 heteroatoms. The fourth-order valence-electron chi connectivity index (χ4n) is 2.58. The molecule has 0 unspecified atom stereocenters. The number of hydrogen-bond acceptors (Lipinski definition) is 4. The maximum atomic E-state index is 13.2. The van der Waals surface area contributed by atoms with Crippen LogP contribution >= 0.6 is 0 Å². The molecule has 0 atom stereocenters. The van der Waals surface area contributed by atoms with E-state index in [4.69, 9.17) is 10.00 Å². The first kappa shape index (κ1) is 15.2. The first-order valence-electron chi connectivity index (χ1n) is 7.38. The van der Waals surface area contributed by atoms with E-state index < -0.39 is 11.6 Å². The summed E-state index contributed by atoms with van der Waals surface area (Å²) in [4.78, 5) is 6.39. The summed E-state index contributed by atoms with van der Waals surface area (Å²) in [7, 11) is 0. The molecule has 0 bridgehead atoms. The molecule has 1 saturated heterocycles. The number of anilines is 1. The van der Waals surface area contributed by atoms with Crippen molar-refractivity contribution in [3.05, 3.63) is 53.7 Å². The van der Waals surface area contributed by atoms with Crippen LogP contribution in [0.5, 0.6) is 5.75 Å². The van der Waals surface area contributed by atoms with Gasteiger partial charge in [-0.15, -0.1) is 0 Å². The molecule has 1 aliphatic rings. The van der Waals surface area contributed by atoms with Gasteiger partial charge >= 0.3 is 0 Å². The molecule has 4 nitrogen and oxygen atoms in total. The van der Waals surface area contributed by atoms with Crippen molar-refractivity contribution >= 4 is 5.82 Å². The third-order valence-corrected chi connectivity index (χ3v) is 3.84. The van der Waals surface area contributed by atoms with Gasteiger partial charge in [0.05, 0.1) is 5.56 Å². The van der Waals surface area contributed by atoms with Crippen molar-refractivity contribution in [2.45, 2.75) is 18.9 Å². The smallest absolute Gasteiger partial charge is 0.162 e. The van der Waals surface area contributed by atoms with Gasteiger partial charge in [0.15, 0.2) is 11.6 Å². The van der Waals surface area contributed by atoms with Crippen LogP contribution in [0.3, 0.4) is 0 Å². The number of benzene rings is 1. The van der Waals surface area contributed by atoms with Gasteiger partial charge in [-0.2, -0.15) is 5.26 Å². The van der Waals surface area contributed by atoms with E-state index in [1.54, 1.807) is 12.3 Å². The van der Waals surface area contributed by atoms with E-state index in [2.05, 4.69) is 9.88 Å². The van der Waals surface area contributed by atoms with Gasteiger partial charge in [-0.1, -0.05) is 0 Å². The molecule has 0 spiro atoms. The zero-order chi connectivity index (χ0) is 16.2. The van der Waals surface area contributed by atoms with Crippen molar-refractivity contribution in [3.8, 4) is 11.8 Å². The molecule has 118 valence electrons. The van der Waals surface area contributed by atoms with E-state index in [-0.39, 0.29) is 6.10 Å². The van der Waals surface area contributed by atoms with Gasteiger partial charge in [-0.25, -0.2) is 13.8 Å². The van der Waals surface area contributed by atoms with Gasteiger partial charge < -0.3 is 9.64 Å². The molecule has 0 saturated carbocycles. The molecule has 1 fully saturated rings. The van der Waals surface area contributed by atoms with Crippen LogP contribution in [0.25, 0.3) is 0 Å². The minimum atomic E-state index is -0.901. The molecule has 0 aliphatic carbocycles. The highest BCUT2D eigenvalue weighted by molar-refractivity contribution is 5.42. The Hall–Kier alpha value is -2.68. The number of rotatable bonds is 3. The van der Waals surface area contributed by atoms with Crippen LogP contribution in [-0.4, -0.2) is 24.2 Å². The van der Waals surface area contributed by atoms with Crippen molar-refractivity contribution in [2.24, 2.45) is 0 Å². The predicted octanol–water partition coefficient (Wildman–Crippen LogP) is 3.28. The topological polar surface area (TPSA) is 49.2 Å². The Labute approximate surface area is 132 Å². The summed E-state index contributed by atoms with van der Waals surface area (Å²) in [6.45, 7) is 1.51. The zero-order valence-corrected chi connectivity index (χ0v) is 12.4. The Morgan fingerprint density at radius 3 is 2.52 bits per heavy atom. The van der Waals surface area contributed by atoms with Gasteiger partial charge in [0.2, 0.25) is 0 Å². The minimum Gasteiger partial charge on any atom is -0.490 e. The average Bonchev–Trinajstić information content (AvgIpc) is 2.59. The Bertz CT molecular complexity index is 720. The standard InChI is InChI=1S/C17H15F2N3O/c18-15-3-2-14(9-16(15)19)23-13-5-7-22(8-6-13)17-4-1-12(10-20)11-21-17/h1-4,9,11,13H,5-8H2. The molecule has 2 heterocycles. The quantitative estimate of drug-likeness (QED) is 0.872. The van der Waals surface area contributed by atoms with Crippen LogP contribution < -0.4 is 9.64 Å². The molecule has 0 amide bonds. The summed E-state index contributed by atoms with van der Waals surface area (Å²) in [6, 6.07) is 9.19. The van der Waals surface area contributed by atoms with Crippen molar-refractivity contribution < 1.29 is 13.5 Å². The first-order valence-corrected chi connectivity index (χ1v) is 7.38. The molecule has 1 aromatic carbocycles. The number of nitriles is 1. The van der Waals surface area contributed by atoms with Crippen molar-refractivity contribution in [2.75, 3.05) is 18.0 Å². The first-order chi connectivity index (χ1) is 11.2. The lowest BCUT2D eigenvalue weighted by Gasteiger charge is -2.32. The van der Waals surface area contributed by atoms with E-state index >= 15 is 0 Å². The van der Waals surface area contributed by atoms with Gasteiger partial charge in [0, 0.05) is 38.2 Å². The second kappa shape index (κ2) is 6.61. The normalized spacial score (nSPS) is 15.3. The number of halogens is 2. The van der Waals surface area contributed by atoms with E-state index in [1.807, 2.05) is 12.1 Å². The van der Waals surface area contributed by atoms with Crippen LogP contribution in [0, 0.1) is 23.0 Å². The summed E-state index contributed by atoms with van der Waals surface area (Å²) < 4.78 is 31.8. The van der Waals surface area contributed by atoms with Crippen molar-refractivity contribution in [3.63, 3.8) is 0 Å². The Morgan fingerprint density at radius 1 is 1.13 bits per heavy atom. The predicted molar refractivity (Wildman–Crippen MR) is 81.2 cm³/mol. The molecule has 0 N–H and O–H groups in total. The molecule has 1 aliphatic heterocycles.